The number of anilines is 1. The van der Waals surface area contributed by atoms with Crippen molar-refractivity contribution in [1.82, 2.24) is 15.2 Å². The monoisotopic (exact) mass is 414 g/mol. The van der Waals surface area contributed by atoms with Crippen LogP contribution in [0.15, 0.2) is 24.4 Å². The van der Waals surface area contributed by atoms with Gasteiger partial charge in [0, 0.05) is 31.1 Å². The van der Waals surface area contributed by atoms with E-state index in [4.69, 9.17) is 0 Å². The van der Waals surface area contributed by atoms with Gasteiger partial charge in [0.25, 0.3) is 0 Å². The minimum atomic E-state index is -0.148. The summed E-state index contributed by atoms with van der Waals surface area (Å²) in [4.78, 5) is 43.5. The van der Waals surface area contributed by atoms with Crippen LogP contribution < -0.4 is 10.6 Å². The molecule has 1 aromatic rings. The Labute approximate surface area is 179 Å². The SMILES string of the molecule is O=C(CCCC(=O)N(CC(=O)NC1CCCC1)C1CCCCC1)Nc1ccccn1. The van der Waals surface area contributed by atoms with Crippen molar-refractivity contribution in [2.75, 3.05) is 11.9 Å². The van der Waals surface area contributed by atoms with Crippen molar-refractivity contribution in [2.45, 2.75) is 89.1 Å². The minimum Gasteiger partial charge on any atom is -0.352 e. The summed E-state index contributed by atoms with van der Waals surface area (Å²) >= 11 is 0. The molecule has 0 radical (unpaired) electrons. The summed E-state index contributed by atoms with van der Waals surface area (Å²) in [5.74, 6) is 0.300. The van der Waals surface area contributed by atoms with Crippen LogP contribution >= 0.6 is 0 Å². The second-order valence-corrected chi connectivity index (χ2v) is 8.48. The fraction of sp³-hybridized carbons (Fsp3) is 0.652. The fourth-order valence-electron chi connectivity index (χ4n) is 4.50. The van der Waals surface area contributed by atoms with Crippen molar-refractivity contribution >= 4 is 23.5 Å². The molecule has 0 aromatic carbocycles. The van der Waals surface area contributed by atoms with Crippen LogP contribution in [0.25, 0.3) is 0 Å². The largest absolute Gasteiger partial charge is 0.352 e. The number of amides is 3. The van der Waals surface area contributed by atoms with Gasteiger partial charge in [-0.1, -0.05) is 38.2 Å². The zero-order valence-electron chi connectivity index (χ0n) is 17.8. The molecule has 7 nitrogen and oxygen atoms in total. The summed E-state index contributed by atoms with van der Waals surface area (Å²) in [6.45, 7) is 0.139. The lowest BCUT2D eigenvalue weighted by molar-refractivity contribution is -0.139. The zero-order chi connectivity index (χ0) is 21.2. The third kappa shape index (κ3) is 7.11. The van der Waals surface area contributed by atoms with Gasteiger partial charge in [-0.3, -0.25) is 14.4 Å². The minimum absolute atomic E-state index is 0.0193. The molecule has 2 saturated carbocycles. The summed E-state index contributed by atoms with van der Waals surface area (Å²) in [5, 5.41) is 5.84. The highest BCUT2D eigenvalue weighted by molar-refractivity contribution is 5.90. The molecule has 30 heavy (non-hydrogen) atoms. The molecule has 0 spiro atoms. The van der Waals surface area contributed by atoms with E-state index in [9.17, 15) is 14.4 Å². The first-order valence-corrected chi connectivity index (χ1v) is 11.4. The van der Waals surface area contributed by atoms with Crippen LogP contribution in [0.3, 0.4) is 0 Å². The molecule has 7 heteroatoms. The molecule has 0 unspecified atom stereocenters. The van der Waals surface area contributed by atoms with Crippen molar-refractivity contribution in [3.05, 3.63) is 24.4 Å². The van der Waals surface area contributed by atoms with Gasteiger partial charge in [0.15, 0.2) is 0 Å². The number of carbonyl (C=O) groups excluding carboxylic acids is 3. The predicted octanol–water partition coefficient (Wildman–Crippen LogP) is 3.41. The molecule has 2 fully saturated rings. The van der Waals surface area contributed by atoms with Crippen LogP contribution in [0.4, 0.5) is 5.82 Å². The first-order chi connectivity index (χ1) is 14.6. The molecule has 0 aliphatic heterocycles. The Bertz CT molecular complexity index is 698. The summed E-state index contributed by atoms with van der Waals surface area (Å²) in [5.41, 5.74) is 0. The van der Waals surface area contributed by atoms with Crippen LogP contribution in [0.5, 0.6) is 0 Å². The van der Waals surface area contributed by atoms with Crippen molar-refractivity contribution in [3.63, 3.8) is 0 Å². The zero-order valence-corrected chi connectivity index (χ0v) is 17.8. The Hall–Kier alpha value is -2.44. The number of pyridine rings is 1. The number of aromatic nitrogens is 1. The van der Waals surface area contributed by atoms with E-state index in [-0.39, 0.29) is 49.2 Å². The molecular formula is C23H34N4O3. The van der Waals surface area contributed by atoms with E-state index in [1.807, 2.05) is 6.07 Å². The smallest absolute Gasteiger partial charge is 0.239 e. The Morgan fingerprint density at radius 2 is 1.67 bits per heavy atom. The summed E-state index contributed by atoms with van der Waals surface area (Å²) in [6, 6.07) is 5.73. The average Bonchev–Trinajstić information content (AvgIpc) is 3.26. The highest BCUT2D eigenvalue weighted by Gasteiger charge is 2.28. The van der Waals surface area contributed by atoms with E-state index in [0.29, 0.717) is 12.2 Å². The van der Waals surface area contributed by atoms with Gasteiger partial charge in [-0.25, -0.2) is 4.98 Å². The van der Waals surface area contributed by atoms with Crippen LogP contribution in [0.1, 0.15) is 77.0 Å². The molecule has 0 bridgehead atoms. The Morgan fingerprint density at radius 3 is 2.37 bits per heavy atom. The predicted molar refractivity (Wildman–Crippen MR) is 116 cm³/mol. The Kier molecular flexibility index (Phi) is 8.66. The number of carbonyl (C=O) groups is 3. The lowest BCUT2D eigenvalue weighted by atomic mass is 9.93. The fourth-order valence-corrected chi connectivity index (χ4v) is 4.50. The summed E-state index contributed by atoms with van der Waals surface area (Å²) < 4.78 is 0. The number of nitrogens with one attached hydrogen (secondary N) is 2. The van der Waals surface area contributed by atoms with Gasteiger partial charge < -0.3 is 15.5 Å². The van der Waals surface area contributed by atoms with Crippen LogP contribution in [0, 0.1) is 0 Å². The van der Waals surface area contributed by atoms with E-state index in [2.05, 4.69) is 15.6 Å². The first-order valence-electron chi connectivity index (χ1n) is 11.4. The lowest BCUT2D eigenvalue weighted by Crippen LogP contribution is -2.48. The molecule has 1 aromatic heterocycles. The van der Waals surface area contributed by atoms with Crippen LogP contribution in [-0.2, 0) is 14.4 Å². The van der Waals surface area contributed by atoms with Gasteiger partial charge in [0.05, 0.1) is 6.54 Å². The topological polar surface area (TPSA) is 91.4 Å². The van der Waals surface area contributed by atoms with Crippen molar-refractivity contribution in [1.29, 1.82) is 0 Å². The second kappa shape index (κ2) is 11.7. The third-order valence-electron chi connectivity index (χ3n) is 6.10. The summed E-state index contributed by atoms with van der Waals surface area (Å²) in [6.07, 6.45) is 12.3. The van der Waals surface area contributed by atoms with Gasteiger partial charge >= 0.3 is 0 Å². The van der Waals surface area contributed by atoms with E-state index in [1.165, 1.54) is 6.42 Å². The highest BCUT2D eigenvalue weighted by Crippen LogP contribution is 2.24. The van der Waals surface area contributed by atoms with Crippen molar-refractivity contribution in [2.24, 2.45) is 0 Å². The van der Waals surface area contributed by atoms with E-state index < -0.39 is 0 Å². The normalized spacial score (nSPS) is 17.5. The standard InChI is InChI=1S/C23H34N4O3/c28-21(26-20-13-6-7-16-24-20)14-8-15-23(30)27(19-11-2-1-3-12-19)17-22(29)25-18-9-4-5-10-18/h6-7,13,16,18-19H,1-5,8-12,14-15,17H2,(H,25,29)(H,24,26,28). The Morgan fingerprint density at radius 1 is 0.933 bits per heavy atom. The van der Waals surface area contributed by atoms with Gasteiger partial charge in [0.1, 0.15) is 5.82 Å². The molecule has 2 N–H and O–H groups in total. The number of hydrogen-bond donors (Lipinski definition) is 2. The second-order valence-electron chi connectivity index (χ2n) is 8.48. The van der Waals surface area contributed by atoms with E-state index in [0.717, 1.165) is 51.4 Å². The maximum atomic E-state index is 13.0. The molecule has 2 aliphatic rings. The molecular weight excluding hydrogens is 380 g/mol. The van der Waals surface area contributed by atoms with Crippen molar-refractivity contribution < 1.29 is 14.4 Å². The van der Waals surface area contributed by atoms with Crippen molar-refractivity contribution in [3.8, 4) is 0 Å². The number of hydrogen-bond acceptors (Lipinski definition) is 4. The molecule has 3 amide bonds. The van der Waals surface area contributed by atoms with E-state index >= 15 is 0 Å². The maximum absolute atomic E-state index is 13.0. The lowest BCUT2D eigenvalue weighted by Gasteiger charge is -2.34. The van der Waals surface area contributed by atoms with Gasteiger partial charge in [0.2, 0.25) is 17.7 Å². The number of nitrogens with zero attached hydrogens (tertiary/aromatic N) is 2. The van der Waals surface area contributed by atoms with Gasteiger partial charge in [-0.05, 0) is 44.2 Å². The first kappa shape index (κ1) is 22.2. The van der Waals surface area contributed by atoms with E-state index in [1.54, 1.807) is 23.2 Å². The number of rotatable bonds is 9. The molecule has 2 aliphatic carbocycles. The molecule has 0 saturated heterocycles. The van der Waals surface area contributed by atoms with Crippen LogP contribution in [-0.4, -0.2) is 46.2 Å². The molecule has 1 heterocycles. The quantitative estimate of drug-likeness (QED) is 0.648. The van der Waals surface area contributed by atoms with Gasteiger partial charge in [-0.2, -0.15) is 0 Å². The molecule has 164 valence electrons. The Balaban J connectivity index is 1.48. The molecule has 0 atom stereocenters. The third-order valence-corrected chi connectivity index (χ3v) is 6.10. The van der Waals surface area contributed by atoms with Crippen LogP contribution in [0.2, 0.25) is 0 Å². The maximum Gasteiger partial charge on any atom is 0.239 e. The van der Waals surface area contributed by atoms with Gasteiger partial charge in [-0.15, -0.1) is 0 Å². The average molecular weight is 415 g/mol. The highest BCUT2D eigenvalue weighted by atomic mass is 16.2. The molecule has 3 rings (SSSR count). The summed E-state index contributed by atoms with van der Waals surface area (Å²) in [7, 11) is 0.